The molecule has 0 aromatic carbocycles. The van der Waals surface area contributed by atoms with Gasteiger partial charge in [-0.15, -0.1) is 0 Å². The normalized spacial score (nSPS) is 6.46. The molecule has 184 valence electrons. The maximum Gasteiger partial charge on any atom is 0.478 e. The van der Waals surface area contributed by atoms with E-state index in [2.05, 4.69) is 4.31 Å². The molecule has 28 heavy (non-hydrogen) atoms. The summed E-state index contributed by atoms with van der Waals surface area (Å²) in [4.78, 5) is 40.8. The van der Waals surface area contributed by atoms with E-state index in [1.807, 2.05) is 0 Å². The van der Waals surface area contributed by atoms with Crippen LogP contribution < -0.4 is 0 Å². The van der Waals surface area contributed by atoms with Crippen LogP contribution in [-0.4, -0.2) is 158 Å². The summed E-state index contributed by atoms with van der Waals surface area (Å²) >= 11 is 1.63. The zero-order valence-electron chi connectivity index (χ0n) is 14.3. The van der Waals surface area contributed by atoms with E-state index in [-0.39, 0.29) is 71.6 Å². The maximum atomic E-state index is 9.77. The van der Waals surface area contributed by atoms with Gasteiger partial charge in [0.2, 0.25) is 0 Å². The zero-order chi connectivity index (χ0) is 12.9. The smallest absolute Gasteiger partial charge is 0.302 e. The van der Waals surface area contributed by atoms with Gasteiger partial charge < -0.3 is 90.8 Å². The second kappa shape index (κ2) is 51.1. The quantitative estimate of drug-likeness (QED) is 0.175. The third kappa shape index (κ3) is 149. The molecule has 0 fully saturated rings. The molecule has 0 aliphatic carbocycles. The number of hydrogen-bond acceptors (Lipinski definition) is 4. The van der Waals surface area contributed by atoms with E-state index in [0.29, 0.717) is 0 Å². The summed E-state index contributed by atoms with van der Waals surface area (Å²) in [5.74, 6) is -0.617. The van der Waals surface area contributed by atoms with Gasteiger partial charge in [-0.1, -0.05) is 0 Å². The van der Waals surface area contributed by atoms with Gasteiger partial charge in [0.15, 0.2) is 0 Å². The van der Waals surface area contributed by atoms with Gasteiger partial charge in [0.05, 0.1) is 0 Å². The molecule has 0 radical (unpaired) electrons. The average molecular weight is 516 g/mol. The Hall–Kier alpha value is 1.21. The Morgan fingerprint density at radius 1 is 0.607 bits per heavy atom. The van der Waals surface area contributed by atoms with Crippen LogP contribution in [0.25, 0.3) is 0 Å². The maximum absolute atomic E-state index is 9.77. The largest absolute Gasteiger partial charge is 0.478 e. The number of carbonyl (C=O) groups is 1. The van der Waals surface area contributed by atoms with Crippen LogP contribution in [0.4, 0.5) is 0 Å². The minimum absolute atomic E-state index is 0. The monoisotopic (exact) mass is 516 g/mol. The van der Waals surface area contributed by atoms with E-state index in [1.54, 1.807) is 0 Å². The molecule has 0 saturated heterocycles. The third-order valence-electron chi connectivity index (χ3n) is 0.707. The predicted molar refractivity (Wildman–Crippen MR) is 95.0 cm³/mol. The molecule has 0 atom stereocenters. The number of carboxylic acids is 1. The Morgan fingerprint density at radius 3 is 0.714 bits per heavy atom. The molecule has 26 heteroatoms. The molecule has 0 aromatic rings. The summed E-state index contributed by atoms with van der Waals surface area (Å²) < 4.78 is 22.3. The fraction of sp³-hybridized carbons (Fsp3) is 0.500. The van der Waals surface area contributed by atoms with Crippen molar-refractivity contribution in [3.8, 4) is 0 Å². The average Bonchev–Trinajstić information content (AvgIpc) is 1.78. The Labute approximate surface area is 191 Å². The molecule has 0 bridgehead atoms. The van der Waals surface area contributed by atoms with Crippen molar-refractivity contribution in [2.24, 2.45) is 0 Å². The molecule has 0 spiro atoms. The SMILES string of the molecule is O.O.O.O.O.O.O.O.O.O.O.O.O.O=C(O)[CH]([Na])[Na].O=P(O)(O)OP(=O)(O)O. The number of hydrogen-bond donors (Lipinski definition) is 5. The molecule has 0 aliphatic heterocycles. The minimum atomic E-state index is -5.05. The first-order valence-electron chi connectivity index (χ1n) is 3.40. The van der Waals surface area contributed by atoms with Crippen LogP contribution in [0.5, 0.6) is 0 Å². The van der Waals surface area contributed by atoms with E-state index in [9.17, 15) is 13.9 Å². The van der Waals surface area contributed by atoms with Gasteiger partial charge in [-0.2, -0.15) is 4.31 Å². The number of aliphatic carboxylic acids is 1. The van der Waals surface area contributed by atoms with Crippen LogP contribution in [0.1, 0.15) is 0 Å². The number of carboxylic acid groups (broad SMARTS) is 1. The summed E-state index contributed by atoms with van der Waals surface area (Å²) in [7, 11) is -10.1. The second-order valence-electron chi connectivity index (χ2n) is 2.56. The van der Waals surface area contributed by atoms with Crippen molar-refractivity contribution in [2.75, 3.05) is 0 Å². The standard InChI is InChI=1S/C2H2O2.2Na.H4O7P2.13H2O/c1-2(3)4;;;1-8(2,3)7-9(4,5)6;;;;;;;;;;;;;/h1H,(H,3,4);;;(H2,1,2,3)(H2,4,5,6);13*1H2. The molecule has 22 nitrogen and oxygen atoms in total. The van der Waals surface area contributed by atoms with Crippen LogP contribution in [-0.2, 0) is 18.2 Å². The van der Waals surface area contributed by atoms with Gasteiger partial charge in [-0.05, 0) is 0 Å². The Kier molecular flexibility index (Phi) is 210. The van der Waals surface area contributed by atoms with Crippen LogP contribution in [0.15, 0.2) is 0 Å². The first-order valence-corrected chi connectivity index (χ1v) is 8.77. The van der Waals surface area contributed by atoms with E-state index in [4.69, 9.17) is 24.7 Å². The summed E-state index contributed by atoms with van der Waals surface area (Å²) in [6.07, 6.45) is 0. The van der Waals surface area contributed by atoms with Crippen LogP contribution >= 0.6 is 15.6 Å². The fourth-order valence-electron chi connectivity index (χ4n) is 0.139. The topological polar surface area (TPSA) is 571 Å². The van der Waals surface area contributed by atoms with Crippen LogP contribution in [0.2, 0.25) is 0.417 Å². The van der Waals surface area contributed by atoms with Gasteiger partial charge in [0.1, 0.15) is 0 Å². The predicted octanol–water partition coefficient (Wildman–Crippen LogP) is -12.4. The van der Waals surface area contributed by atoms with Gasteiger partial charge >= 0.3 is 87.8 Å². The van der Waals surface area contributed by atoms with Crippen molar-refractivity contribution in [3.05, 3.63) is 0 Å². The van der Waals surface area contributed by atoms with Crippen molar-refractivity contribution in [1.82, 2.24) is 0 Å². The van der Waals surface area contributed by atoms with Gasteiger partial charge in [-0.3, -0.25) is 0 Å². The Balaban J connectivity index is -0.00000000648. The van der Waals surface area contributed by atoms with Crippen molar-refractivity contribution in [3.63, 3.8) is 0 Å². The van der Waals surface area contributed by atoms with E-state index >= 15 is 0 Å². The fourth-order valence-corrected chi connectivity index (χ4v) is 1.25. The molecule has 0 heterocycles. The Morgan fingerprint density at radius 2 is 0.714 bits per heavy atom. The molecule has 0 aromatic heterocycles. The number of rotatable bonds is 3. The molecular formula is C2H32Na2O22P2. The van der Waals surface area contributed by atoms with Crippen molar-refractivity contribution in [1.29, 1.82) is 0 Å². The van der Waals surface area contributed by atoms with E-state index in [1.165, 1.54) is 0 Å². The minimum Gasteiger partial charge on any atom is -0.302 e. The van der Waals surface area contributed by atoms with E-state index < -0.39 is 21.6 Å². The summed E-state index contributed by atoms with van der Waals surface area (Å²) in [6.45, 7) is 0. The summed E-state index contributed by atoms with van der Waals surface area (Å²) in [6, 6.07) is 0. The van der Waals surface area contributed by atoms with Gasteiger partial charge in [0, 0.05) is 0 Å². The molecule has 31 N–H and O–H groups in total. The Bertz CT molecular complexity index is 275. The van der Waals surface area contributed by atoms with Crippen molar-refractivity contribution in [2.45, 2.75) is 0.417 Å². The summed E-state index contributed by atoms with van der Waals surface area (Å²) in [5.41, 5.74) is 0. The number of phosphoric acid groups is 2. The summed E-state index contributed by atoms with van der Waals surface area (Å²) in [5, 5.41) is 8.06. The van der Waals surface area contributed by atoms with Crippen molar-refractivity contribution < 1.29 is 114 Å². The molecule has 0 aliphatic rings. The van der Waals surface area contributed by atoms with Gasteiger partial charge in [-0.25, -0.2) is 9.13 Å². The molecular weight excluding hydrogens is 484 g/mol. The van der Waals surface area contributed by atoms with Crippen LogP contribution in [0, 0.1) is 0 Å². The zero-order valence-corrected chi connectivity index (χ0v) is 20.1. The molecule has 0 amide bonds. The molecule has 0 saturated carbocycles. The van der Waals surface area contributed by atoms with Gasteiger partial charge in [0.25, 0.3) is 0 Å². The second-order valence-corrected chi connectivity index (χ2v) is 10.9. The van der Waals surface area contributed by atoms with E-state index in [0.717, 1.165) is 55.9 Å². The molecule has 0 rings (SSSR count). The third-order valence-corrected chi connectivity index (χ3v) is 3.40. The van der Waals surface area contributed by atoms with Crippen LogP contribution in [0.3, 0.4) is 0 Å². The molecule has 0 unspecified atom stereocenters. The van der Waals surface area contributed by atoms with Crippen molar-refractivity contribution >= 4 is 77.5 Å². The first-order chi connectivity index (χ1) is 6.35. The first kappa shape index (κ1) is 115.